The van der Waals surface area contributed by atoms with Crippen LogP contribution in [0.3, 0.4) is 0 Å². The maximum Gasteiger partial charge on any atom is 0.128 e. The van der Waals surface area contributed by atoms with E-state index in [1.165, 1.54) is 30.5 Å². The second-order valence-corrected chi connectivity index (χ2v) is 4.97. The molecular weight excluding hydrogens is 198 g/mol. The first kappa shape index (κ1) is 10.1. The molecule has 0 amide bonds. The second kappa shape index (κ2) is 4.06. The van der Waals surface area contributed by atoms with Gasteiger partial charge in [-0.2, -0.15) is 0 Å². The van der Waals surface area contributed by atoms with Crippen LogP contribution in [-0.2, 0) is 12.8 Å². The summed E-state index contributed by atoms with van der Waals surface area (Å²) in [6, 6.07) is 4.45. The average molecular weight is 217 g/mol. The Balaban J connectivity index is 1.80. The van der Waals surface area contributed by atoms with Gasteiger partial charge < -0.3 is 10.6 Å². The second-order valence-electron chi connectivity index (χ2n) is 4.97. The van der Waals surface area contributed by atoms with E-state index in [-0.39, 0.29) is 0 Å². The van der Waals surface area contributed by atoms with Crippen LogP contribution in [0.5, 0.6) is 0 Å². The third-order valence-corrected chi connectivity index (χ3v) is 3.86. The zero-order valence-corrected chi connectivity index (χ0v) is 9.65. The fourth-order valence-corrected chi connectivity index (χ4v) is 2.82. The number of rotatable bonds is 2. The standard InChI is InChI=1S/C13H19N3/c14-8-10-6-7-16(9-10)13-5-4-11-2-1-3-12(11)15-13/h4-5,10H,1-3,6-9,14H2. The molecule has 0 saturated carbocycles. The third kappa shape index (κ3) is 1.69. The van der Waals surface area contributed by atoms with Gasteiger partial charge in [-0.3, -0.25) is 0 Å². The molecule has 0 spiro atoms. The fourth-order valence-electron chi connectivity index (χ4n) is 2.82. The summed E-state index contributed by atoms with van der Waals surface area (Å²) in [4.78, 5) is 7.17. The smallest absolute Gasteiger partial charge is 0.128 e. The minimum Gasteiger partial charge on any atom is -0.356 e. The summed E-state index contributed by atoms with van der Waals surface area (Å²) in [5.74, 6) is 1.83. The van der Waals surface area contributed by atoms with Crippen LogP contribution < -0.4 is 10.6 Å². The lowest BCUT2D eigenvalue weighted by atomic mass is 10.1. The van der Waals surface area contributed by atoms with Crippen molar-refractivity contribution in [2.45, 2.75) is 25.7 Å². The van der Waals surface area contributed by atoms with Crippen LogP contribution in [0.1, 0.15) is 24.1 Å². The summed E-state index contributed by atoms with van der Waals surface area (Å²) < 4.78 is 0. The van der Waals surface area contributed by atoms with Crippen molar-refractivity contribution in [1.82, 2.24) is 4.98 Å². The van der Waals surface area contributed by atoms with E-state index in [0.717, 1.165) is 31.9 Å². The predicted molar refractivity (Wildman–Crippen MR) is 65.6 cm³/mol. The molecule has 0 radical (unpaired) electrons. The predicted octanol–water partition coefficient (Wildman–Crippen LogP) is 1.36. The number of anilines is 1. The zero-order chi connectivity index (χ0) is 11.0. The van der Waals surface area contributed by atoms with Gasteiger partial charge in [-0.25, -0.2) is 4.98 Å². The molecule has 0 aromatic carbocycles. The number of nitrogens with two attached hydrogens (primary N) is 1. The number of fused-ring (bicyclic) bond motifs is 1. The maximum atomic E-state index is 5.72. The molecule has 16 heavy (non-hydrogen) atoms. The Morgan fingerprint density at radius 1 is 1.38 bits per heavy atom. The van der Waals surface area contributed by atoms with E-state index in [9.17, 15) is 0 Å². The van der Waals surface area contributed by atoms with Crippen LogP contribution in [-0.4, -0.2) is 24.6 Å². The van der Waals surface area contributed by atoms with Gasteiger partial charge in [-0.05, 0) is 49.8 Å². The van der Waals surface area contributed by atoms with Crippen molar-refractivity contribution >= 4 is 5.82 Å². The third-order valence-electron chi connectivity index (χ3n) is 3.86. The topological polar surface area (TPSA) is 42.1 Å². The van der Waals surface area contributed by atoms with Crippen LogP contribution in [0.25, 0.3) is 0 Å². The van der Waals surface area contributed by atoms with Crippen LogP contribution in [0.2, 0.25) is 0 Å². The molecule has 1 atom stereocenters. The Kier molecular flexibility index (Phi) is 2.56. The van der Waals surface area contributed by atoms with Crippen LogP contribution in [0.4, 0.5) is 5.82 Å². The molecule has 1 fully saturated rings. The van der Waals surface area contributed by atoms with E-state index in [2.05, 4.69) is 17.0 Å². The molecule has 1 aromatic rings. The summed E-state index contributed by atoms with van der Waals surface area (Å²) in [6.45, 7) is 3.01. The Morgan fingerprint density at radius 2 is 2.31 bits per heavy atom. The quantitative estimate of drug-likeness (QED) is 0.813. The van der Waals surface area contributed by atoms with Crippen LogP contribution >= 0.6 is 0 Å². The van der Waals surface area contributed by atoms with E-state index in [4.69, 9.17) is 10.7 Å². The van der Waals surface area contributed by atoms with Crippen molar-refractivity contribution in [2.75, 3.05) is 24.5 Å². The Morgan fingerprint density at radius 3 is 3.12 bits per heavy atom. The normalized spacial score (nSPS) is 23.8. The maximum absolute atomic E-state index is 5.72. The highest BCUT2D eigenvalue weighted by Gasteiger charge is 2.23. The number of pyridine rings is 1. The Hall–Kier alpha value is -1.09. The summed E-state index contributed by atoms with van der Waals surface area (Å²) in [7, 11) is 0. The molecule has 86 valence electrons. The van der Waals surface area contributed by atoms with Gasteiger partial charge in [0.2, 0.25) is 0 Å². The highest BCUT2D eigenvalue weighted by Crippen LogP contribution is 2.26. The molecule has 2 aliphatic rings. The molecule has 1 aliphatic heterocycles. The summed E-state index contributed by atoms with van der Waals surface area (Å²) >= 11 is 0. The Labute approximate surface area is 96.7 Å². The van der Waals surface area contributed by atoms with Crippen molar-refractivity contribution in [3.63, 3.8) is 0 Å². The first-order valence-corrected chi connectivity index (χ1v) is 6.30. The molecule has 2 N–H and O–H groups in total. The highest BCUT2D eigenvalue weighted by atomic mass is 15.2. The van der Waals surface area contributed by atoms with Gasteiger partial charge in [0, 0.05) is 18.8 Å². The molecule has 1 unspecified atom stereocenters. The van der Waals surface area contributed by atoms with Crippen molar-refractivity contribution in [2.24, 2.45) is 11.7 Å². The minimum atomic E-state index is 0.662. The SMILES string of the molecule is NCC1CCN(c2ccc3c(n2)CCC3)C1. The monoisotopic (exact) mass is 217 g/mol. The highest BCUT2D eigenvalue weighted by molar-refractivity contribution is 5.44. The van der Waals surface area contributed by atoms with E-state index in [1.807, 2.05) is 0 Å². The molecular formula is C13H19N3. The van der Waals surface area contributed by atoms with Crippen LogP contribution in [0.15, 0.2) is 12.1 Å². The first-order valence-electron chi connectivity index (χ1n) is 6.30. The molecule has 0 bridgehead atoms. The van der Waals surface area contributed by atoms with Crippen LogP contribution in [0, 0.1) is 5.92 Å². The molecule has 1 aliphatic carbocycles. The summed E-state index contributed by atoms with van der Waals surface area (Å²) in [6.07, 6.45) is 4.87. The lowest BCUT2D eigenvalue weighted by Crippen LogP contribution is -2.23. The molecule has 3 rings (SSSR count). The van der Waals surface area contributed by atoms with Gasteiger partial charge in [0.05, 0.1) is 0 Å². The van der Waals surface area contributed by atoms with E-state index >= 15 is 0 Å². The lowest BCUT2D eigenvalue weighted by molar-refractivity contribution is 0.602. The van der Waals surface area contributed by atoms with E-state index in [0.29, 0.717) is 5.92 Å². The number of nitrogens with zero attached hydrogens (tertiary/aromatic N) is 2. The van der Waals surface area contributed by atoms with Crippen molar-refractivity contribution in [3.05, 3.63) is 23.4 Å². The van der Waals surface area contributed by atoms with E-state index < -0.39 is 0 Å². The number of aryl methyl sites for hydroxylation is 2. The summed E-state index contributed by atoms with van der Waals surface area (Å²) in [5, 5.41) is 0. The van der Waals surface area contributed by atoms with Crippen molar-refractivity contribution < 1.29 is 0 Å². The number of aromatic nitrogens is 1. The number of hydrogen-bond donors (Lipinski definition) is 1. The van der Waals surface area contributed by atoms with Gasteiger partial charge in [-0.1, -0.05) is 6.07 Å². The van der Waals surface area contributed by atoms with Crippen molar-refractivity contribution in [3.8, 4) is 0 Å². The fraction of sp³-hybridized carbons (Fsp3) is 0.615. The molecule has 1 aromatic heterocycles. The van der Waals surface area contributed by atoms with Gasteiger partial charge in [0.15, 0.2) is 0 Å². The molecule has 2 heterocycles. The van der Waals surface area contributed by atoms with Crippen molar-refractivity contribution in [1.29, 1.82) is 0 Å². The van der Waals surface area contributed by atoms with Gasteiger partial charge in [0.25, 0.3) is 0 Å². The molecule has 1 saturated heterocycles. The largest absolute Gasteiger partial charge is 0.356 e. The molecule has 3 heteroatoms. The number of hydrogen-bond acceptors (Lipinski definition) is 3. The zero-order valence-electron chi connectivity index (χ0n) is 9.65. The lowest BCUT2D eigenvalue weighted by Gasteiger charge is -2.18. The Bertz CT molecular complexity index is 389. The van der Waals surface area contributed by atoms with Gasteiger partial charge in [0.1, 0.15) is 5.82 Å². The van der Waals surface area contributed by atoms with Gasteiger partial charge in [-0.15, -0.1) is 0 Å². The minimum absolute atomic E-state index is 0.662. The van der Waals surface area contributed by atoms with Gasteiger partial charge >= 0.3 is 0 Å². The first-order chi connectivity index (χ1) is 7.86. The molecule has 3 nitrogen and oxygen atoms in total. The van der Waals surface area contributed by atoms with E-state index in [1.54, 1.807) is 0 Å². The average Bonchev–Trinajstić information content (AvgIpc) is 2.96. The summed E-state index contributed by atoms with van der Waals surface area (Å²) in [5.41, 5.74) is 8.50.